The molecule has 11 heteroatoms. The van der Waals surface area contributed by atoms with Crippen molar-refractivity contribution in [3.8, 4) is 17.4 Å². The first kappa shape index (κ1) is 22.0. The van der Waals surface area contributed by atoms with Crippen LogP contribution in [0.1, 0.15) is 11.3 Å². The van der Waals surface area contributed by atoms with Crippen LogP contribution in [-0.2, 0) is 4.79 Å². The molecule has 3 aromatic heterocycles. The average Bonchev–Trinajstić information content (AvgIpc) is 3.42. The zero-order valence-electron chi connectivity index (χ0n) is 18.8. The summed E-state index contributed by atoms with van der Waals surface area (Å²) < 4.78 is 21.9. The number of rotatable bonds is 6. The minimum absolute atomic E-state index is 0.0341. The molecule has 35 heavy (non-hydrogen) atoms. The second kappa shape index (κ2) is 8.86. The Morgan fingerprint density at radius 2 is 1.89 bits per heavy atom. The summed E-state index contributed by atoms with van der Waals surface area (Å²) in [4.78, 5) is 32.5. The Labute approximate surface area is 198 Å². The van der Waals surface area contributed by atoms with Gasteiger partial charge in [-0.3, -0.25) is 14.6 Å². The lowest BCUT2D eigenvalue weighted by Gasteiger charge is -2.10. The Balaban J connectivity index is 1.46. The summed E-state index contributed by atoms with van der Waals surface area (Å²) in [5.41, 5.74) is 2.33. The fourth-order valence-electron chi connectivity index (χ4n) is 3.52. The second-order valence-corrected chi connectivity index (χ2v) is 7.87. The van der Waals surface area contributed by atoms with Crippen LogP contribution in [0.4, 0.5) is 10.2 Å². The van der Waals surface area contributed by atoms with Gasteiger partial charge in [0.25, 0.3) is 11.5 Å². The number of benzene rings is 2. The molecule has 0 radical (unpaired) electrons. The third-order valence-electron chi connectivity index (χ3n) is 5.20. The first-order valence-electron chi connectivity index (χ1n) is 10.7. The number of fused-ring (bicyclic) bond motifs is 1. The van der Waals surface area contributed by atoms with E-state index in [1.165, 1.54) is 29.1 Å². The number of carbonyl (C=O) groups excluding carboxylic acids is 1. The maximum absolute atomic E-state index is 13.7. The van der Waals surface area contributed by atoms with Crippen molar-refractivity contribution >= 4 is 22.8 Å². The summed E-state index contributed by atoms with van der Waals surface area (Å²) >= 11 is 0. The quantitative estimate of drug-likeness (QED) is 0.391. The molecule has 2 aromatic carbocycles. The van der Waals surface area contributed by atoms with Gasteiger partial charge in [-0.05, 0) is 38.1 Å². The first-order chi connectivity index (χ1) is 16.9. The number of nitrogens with zero attached hydrogens (tertiary/aromatic N) is 5. The van der Waals surface area contributed by atoms with Crippen LogP contribution in [0.15, 0.2) is 65.6 Å². The Kier molecular flexibility index (Phi) is 5.57. The number of carbonyl (C=O) groups is 1. The standard InChI is InChI=1S/C24H20FN7O3/c1-14-7-9-16(10-8-14)31-22-17(12-26-31)23(34)29-24(28-22)32-20(11-15(2)30-32)27-21(33)13-35-19-6-4-3-5-18(19)25/h3-12H,13H2,1-2H3,(H,27,33)(H,28,29,34). The van der Waals surface area contributed by atoms with Crippen LogP contribution in [0.5, 0.6) is 5.75 Å². The number of nitrogens with one attached hydrogen (secondary N) is 2. The monoisotopic (exact) mass is 473 g/mol. The normalized spacial score (nSPS) is 11.1. The number of aromatic amines is 1. The summed E-state index contributed by atoms with van der Waals surface area (Å²) in [6.07, 6.45) is 1.45. The maximum Gasteiger partial charge on any atom is 0.263 e. The number of halogens is 1. The highest BCUT2D eigenvalue weighted by Gasteiger charge is 2.17. The molecule has 5 rings (SSSR count). The van der Waals surface area contributed by atoms with Gasteiger partial charge in [0.05, 0.1) is 17.6 Å². The zero-order valence-corrected chi connectivity index (χ0v) is 18.8. The molecule has 0 fully saturated rings. The fourth-order valence-corrected chi connectivity index (χ4v) is 3.52. The van der Waals surface area contributed by atoms with Gasteiger partial charge in [-0.15, -0.1) is 0 Å². The van der Waals surface area contributed by atoms with Crippen LogP contribution in [0.2, 0.25) is 0 Å². The molecule has 0 bridgehead atoms. The van der Waals surface area contributed by atoms with E-state index < -0.39 is 23.9 Å². The number of para-hydroxylation sites is 1. The van der Waals surface area contributed by atoms with Gasteiger partial charge in [-0.2, -0.15) is 19.9 Å². The van der Waals surface area contributed by atoms with E-state index in [2.05, 4.69) is 25.5 Å². The number of amides is 1. The van der Waals surface area contributed by atoms with Crippen molar-refractivity contribution in [2.75, 3.05) is 11.9 Å². The Hall–Kier alpha value is -4.80. The average molecular weight is 473 g/mol. The number of ether oxygens (including phenoxy) is 1. The highest BCUT2D eigenvalue weighted by Crippen LogP contribution is 2.19. The molecule has 0 saturated carbocycles. The van der Waals surface area contributed by atoms with E-state index in [4.69, 9.17) is 4.74 Å². The van der Waals surface area contributed by atoms with E-state index in [9.17, 15) is 14.0 Å². The van der Waals surface area contributed by atoms with Gasteiger partial charge in [-0.25, -0.2) is 9.07 Å². The van der Waals surface area contributed by atoms with Crippen LogP contribution in [0, 0.1) is 19.7 Å². The third-order valence-corrected chi connectivity index (χ3v) is 5.20. The van der Waals surface area contributed by atoms with E-state index in [-0.39, 0.29) is 17.5 Å². The lowest BCUT2D eigenvalue weighted by molar-refractivity contribution is -0.118. The Morgan fingerprint density at radius 3 is 2.66 bits per heavy atom. The summed E-state index contributed by atoms with van der Waals surface area (Å²) in [7, 11) is 0. The van der Waals surface area contributed by atoms with Crippen molar-refractivity contribution in [3.05, 3.63) is 88.2 Å². The van der Waals surface area contributed by atoms with Gasteiger partial charge in [0, 0.05) is 6.07 Å². The van der Waals surface area contributed by atoms with Crippen molar-refractivity contribution in [3.63, 3.8) is 0 Å². The molecule has 0 saturated heterocycles. The molecule has 176 valence electrons. The number of aryl methyl sites for hydroxylation is 2. The summed E-state index contributed by atoms with van der Waals surface area (Å²) in [6.45, 7) is 3.28. The smallest absolute Gasteiger partial charge is 0.263 e. The summed E-state index contributed by atoms with van der Waals surface area (Å²) in [6, 6.07) is 15.0. The molecule has 0 aliphatic heterocycles. The number of H-pyrrole nitrogens is 1. The number of anilines is 1. The molecule has 0 unspecified atom stereocenters. The molecule has 3 heterocycles. The van der Waals surface area contributed by atoms with Gasteiger partial charge in [0.15, 0.2) is 23.8 Å². The molecule has 5 aromatic rings. The highest BCUT2D eigenvalue weighted by molar-refractivity contribution is 5.91. The molecule has 2 N–H and O–H groups in total. The Morgan fingerprint density at radius 1 is 1.11 bits per heavy atom. The molecule has 10 nitrogen and oxygen atoms in total. The third kappa shape index (κ3) is 4.38. The van der Waals surface area contributed by atoms with Crippen LogP contribution >= 0.6 is 0 Å². The lowest BCUT2D eigenvalue weighted by atomic mass is 10.2. The minimum atomic E-state index is -0.568. The number of aromatic nitrogens is 6. The molecule has 0 atom stereocenters. The maximum atomic E-state index is 13.7. The van der Waals surface area contributed by atoms with Gasteiger partial charge in [0.1, 0.15) is 11.2 Å². The van der Waals surface area contributed by atoms with Crippen LogP contribution in [0.25, 0.3) is 22.7 Å². The molecule has 0 aliphatic carbocycles. The van der Waals surface area contributed by atoms with Gasteiger partial charge >= 0.3 is 0 Å². The van der Waals surface area contributed by atoms with E-state index in [0.29, 0.717) is 16.7 Å². The zero-order chi connectivity index (χ0) is 24.5. The van der Waals surface area contributed by atoms with Crippen molar-refractivity contribution in [1.82, 2.24) is 29.5 Å². The van der Waals surface area contributed by atoms with E-state index >= 15 is 0 Å². The molecule has 1 amide bonds. The highest BCUT2D eigenvalue weighted by atomic mass is 19.1. The predicted octanol–water partition coefficient (Wildman–Crippen LogP) is 3.07. The van der Waals surface area contributed by atoms with Crippen molar-refractivity contribution in [2.45, 2.75) is 13.8 Å². The van der Waals surface area contributed by atoms with E-state index in [0.717, 1.165) is 11.3 Å². The fraction of sp³-hybridized carbons (Fsp3) is 0.125. The van der Waals surface area contributed by atoms with Crippen molar-refractivity contribution in [1.29, 1.82) is 0 Å². The SMILES string of the molecule is Cc1ccc(-n2ncc3c(=O)[nH]c(-n4nc(C)cc4NC(=O)COc4ccccc4F)nc32)cc1. The van der Waals surface area contributed by atoms with Crippen molar-refractivity contribution < 1.29 is 13.9 Å². The number of hydrogen-bond donors (Lipinski definition) is 2. The van der Waals surface area contributed by atoms with Crippen LogP contribution in [0.3, 0.4) is 0 Å². The molecule has 0 spiro atoms. The van der Waals surface area contributed by atoms with E-state index in [1.54, 1.807) is 23.7 Å². The van der Waals surface area contributed by atoms with Gasteiger partial charge in [-0.1, -0.05) is 29.8 Å². The second-order valence-electron chi connectivity index (χ2n) is 7.87. The first-order valence-corrected chi connectivity index (χ1v) is 10.7. The van der Waals surface area contributed by atoms with E-state index in [1.807, 2.05) is 31.2 Å². The van der Waals surface area contributed by atoms with Gasteiger partial charge in [0.2, 0.25) is 5.95 Å². The molecular formula is C24H20FN7O3. The van der Waals surface area contributed by atoms with Crippen LogP contribution < -0.4 is 15.6 Å². The van der Waals surface area contributed by atoms with Gasteiger partial charge < -0.3 is 10.1 Å². The summed E-state index contributed by atoms with van der Waals surface area (Å²) in [5.74, 6) is -0.791. The topological polar surface area (TPSA) is 120 Å². The van der Waals surface area contributed by atoms with Crippen LogP contribution in [-0.4, -0.2) is 42.0 Å². The van der Waals surface area contributed by atoms with Crippen molar-refractivity contribution in [2.24, 2.45) is 0 Å². The predicted molar refractivity (Wildman–Crippen MR) is 127 cm³/mol. The lowest BCUT2D eigenvalue weighted by Crippen LogP contribution is -2.23. The molecule has 0 aliphatic rings. The number of hydrogen-bond acceptors (Lipinski definition) is 6. The largest absolute Gasteiger partial charge is 0.481 e. The minimum Gasteiger partial charge on any atom is -0.481 e. The molecular weight excluding hydrogens is 453 g/mol. The summed E-state index contributed by atoms with van der Waals surface area (Å²) in [5, 5.41) is 11.6. The Bertz CT molecular complexity index is 1600.